The van der Waals surface area contributed by atoms with E-state index < -0.39 is 11.6 Å². The molecule has 0 heterocycles. The van der Waals surface area contributed by atoms with Crippen molar-refractivity contribution < 1.29 is 8.78 Å². The normalized spacial score (nSPS) is 14.8. The van der Waals surface area contributed by atoms with Crippen molar-refractivity contribution in [2.24, 2.45) is 11.3 Å². The summed E-state index contributed by atoms with van der Waals surface area (Å²) in [6, 6.07) is 4.06. The highest BCUT2D eigenvalue weighted by atomic mass is 19.1. The maximum Gasteiger partial charge on any atom is 0.129 e. The van der Waals surface area contributed by atoms with Crippen molar-refractivity contribution in [3.8, 4) is 0 Å². The van der Waals surface area contributed by atoms with Gasteiger partial charge < -0.3 is 5.32 Å². The van der Waals surface area contributed by atoms with Crippen LogP contribution in [0.1, 0.15) is 33.3 Å². The molecule has 1 rings (SSSR count). The molecule has 18 heavy (non-hydrogen) atoms. The predicted octanol–water partition coefficient (Wildman–Crippen LogP) is 3.78. The summed E-state index contributed by atoms with van der Waals surface area (Å²) in [4.78, 5) is 0. The molecule has 0 bridgehead atoms. The first-order valence-corrected chi connectivity index (χ1v) is 6.54. The van der Waals surface area contributed by atoms with Crippen LogP contribution in [0.25, 0.3) is 0 Å². The highest BCUT2D eigenvalue weighted by molar-refractivity contribution is 5.21. The number of nitrogens with one attached hydrogen (secondary N) is 1. The Morgan fingerprint density at radius 2 is 1.78 bits per heavy atom. The summed E-state index contributed by atoms with van der Waals surface area (Å²) in [5.74, 6) is -0.549. The highest BCUT2D eigenvalue weighted by Crippen LogP contribution is 2.32. The number of rotatable bonds is 6. The van der Waals surface area contributed by atoms with Gasteiger partial charge in [-0.05, 0) is 36.4 Å². The smallest absolute Gasteiger partial charge is 0.129 e. The number of benzene rings is 1. The van der Waals surface area contributed by atoms with E-state index in [4.69, 9.17) is 0 Å². The molecule has 0 amide bonds. The second-order valence-corrected chi connectivity index (χ2v) is 5.47. The van der Waals surface area contributed by atoms with Crippen LogP contribution in [0, 0.1) is 23.0 Å². The Labute approximate surface area is 109 Å². The van der Waals surface area contributed by atoms with Crippen molar-refractivity contribution in [3.05, 3.63) is 35.4 Å². The Bertz CT molecular complexity index is 370. The van der Waals surface area contributed by atoms with E-state index >= 15 is 0 Å². The fraction of sp³-hybridized carbons (Fsp3) is 0.600. The molecule has 0 fully saturated rings. The third kappa shape index (κ3) is 3.52. The maximum absolute atomic E-state index is 13.7. The van der Waals surface area contributed by atoms with Gasteiger partial charge in [0.05, 0.1) is 0 Å². The summed E-state index contributed by atoms with van der Waals surface area (Å²) in [5.41, 5.74) is 0.0468. The van der Waals surface area contributed by atoms with Gasteiger partial charge in [-0.1, -0.05) is 33.8 Å². The van der Waals surface area contributed by atoms with Crippen LogP contribution < -0.4 is 5.32 Å². The van der Waals surface area contributed by atoms with E-state index in [1.54, 1.807) is 0 Å². The Balaban J connectivity index is 2.96. The molecule has 0 aliphatic carbocycles. The van der Waals surface area contributed by atoms with E-state index in [0.29, 0.717) is 12.3 Å². The molecule has 0 saturated carbocycles. The standard InChI is InChI=1S/C15H23F2N/c1-5-18-10-15(4,11(2)3)9-12-13(16)7-6-8-14(12)17/h6-8,11,18H,5,9-10H2,1-4H3. The fourth-order valence-corrected chi connectivity index (χ4v) is 1.99. The van der Waals surface area contributed by atoms with E-state index in [1.165, 1.54) is 18.2 Å². The molecule has 0 spiro atoms. The molecule has 1 atom stereocenters. The van der Waals surface area contributed by atoms with Crippen molar-refractivity contribution in [3.63, 3.8) is 0 Å². The zero-order valence-corrected chi connectivity index (χ0v) is 11.7. The summed E-state index contributed by atoms with van der Waals surface area (Å²) in [6.07, 6.45) is 0.413. The van der Waals surface area contributed by atoms with E-state index in [0.717, 1.165) is 13.1 Å². The van der Waals surface area contributed by atoms with Crippen LogP contribution in [-0.4, -0.2) is 13.1 Å². The van der Waals surface area contributed by atoms with E-state index in [2.05, 4.69) is 26.1 Å². The molecule has 1 aromatic carbocycles. The molecule has 0 saturated heterocycles. The van der Waals surface area contributed by atoms with Gasteiger partial charge in [-0.2, -0.15) is 0 Å². The van der Waals surface area contributed by atoms with Crippen LogP contribution in [0.2, 0.25) is 0 Å². The summed E-state index contributed by atoms with van der Waals surface area (Å²) in [5, 5.41) is 3.28. The summed E-state index contributed by atoms with van der Waals surface area (Å²) < 4.78 is 27.4. The molecular formula is C15H23F2N. The van der Waals surface area contributed by atoms with Crippen molar-refractivity contribution >= 4 is 0 Å². The van der Waals surface area contributed by atoms with Gasteiger partial charge in [0.15, 0.2) is 0 Å². The predicted molar refractivity (Wildman–Crippen MR) is 71.6 cm³/mol. The molecule has 1 unspecified atom stereocenters. The number of halogens is 2. The largest absolute Gasteiger partial charge is 0.316 e. The second kappa shape index (κ2) is 6.28. The van der Waals surface area contributed by atoms with Crippen molar-refractivity contribution in [1.82, 2.24) is 5.32 Å². The summed E-state index contributed by atoms with van der Waals surface area (Å²) in [6.45, 7) is 9.92. The third-order valence-corrected chi connectivity index (χ3v) is 3.81. The van der Waals surface area contributed by atoms with Gasteiger partial charge in [0.25, 0.3) is 0 Å². The average Bonchev–Trinajstić information content (AvgIpc) is 2.31. The molecule has 0 aromatic heterocycles. The van der Waals surface area contributed by atoms with Crippen molar-refractivity contribution in [1.29, 1.82) is 0 Å². The lowest BCUT2D eigenvalue weighted by Gasteiger charge is -2.34. The molecule has 102 valence electrons. The lowest BCUT2D eigenvalue weighted by Crippen LogP contribution is -2.38. The highest BCUT2D eigenvalue weighted by Gasteiger charge is 2.30. The monoisotopic (exact) mass is 255 g/mol. The number of hydrogen-bond donors (Lipinski definition) is 1. The first-order valence-electron chi connectivity index (χ1n) is 6.54. The number of hydrogen-bond acceptors (Lipinski definition) is 1. The van der Waals surface area contributed by atoms with Gasteiger partial charge in [-0.15, -0.1) is 0 Å². The van der Waals surface area contributed by atoms with Crippen molar-refractivity contribution in [2.45, 2.75) is 34.1 Å². The second-order valence-electron chi connectivity index (χ2n) is 5.47. The van der Waals surface area contributed by atoms with Crippen LogP contribution in [-0.2, 0) is 6.42 Å². The minimum atomic E-state index is -0.446. The van der Waals surface area contributed by atoms with Gasteiger partial charge in [-0.25, -0.2) is 8.78 Å². The topological polar surface area (TPSA) is 12.0 Å². The van der Waals surface area contributed by atoms with Crippen LogP contribution in [0.3, 0.4) is 0 Å². The first kappa shape index (κ1) is 15.1. The minimum Gasteiger partial charge on any atom is -0.316 e. The first-order chi connectivity index (χ1) is 8.40. The molecule has 0 aliphatic heterocycles. The molecular weight excluding hydrogens is 232 g/mol. The Hall–Kier alpha value is -0.960. The fourth-order valence-electron chi connectivity index (χ4n) is 1.99. The Kier molecular flexibility index (Phi) is 5.27. The quantitative estimate of drug-likeness (QED) is 0.815. The molecule has 1 N–H and O–H groups in total. The van der Waals surface area contributed by atoms with Gasteiger partial charge >= 0.3 is 0 Å². The molecule has 1 aromatic rings. The van der Waals surface area contributed by atoms with Gasteiger partial charge in [0.2, 0.25) is 0 Å². The van der Waals surface area contributed by atoms with Crippen LogP contribution >= 0.6 is 0 Å². The maximum atomic E-state index is 13.7. The van der Waals surface area contributed by atoms with E-state index in [-0.39, 0.29) is 11.0 Å². The molecule has 3 heteroatoms. The summed E-state index contributed by atoms with van der Waals surface area (Å²) in [7, 11) is 0. The SMILES string of the molecule is CCNCC(C)(Cc1c(F)cccc1F)C(C)C. The van der Waals surface area contributed by atoms with Gasteiger partial charge in [-0.3, -0.25) is 0 Å². The average molecular weight is 255 g/mol. The lowest BCUT2D eigenvalue weighted by molar-refractivity contribution is 0.204. The Morgan fingerprint density at radius 3 is 2.22 bits per heavy atom. The minimum absolute atomic E-state index is 0.154. The van der Waals surface area contributed by atoms with Gasteiger partial charge in [0.1, 0.15) is 11.6 Å². The summed E-state index contributed by atoms with van der Waals surface area (Å²) >= 11 is 0. The Morgan fingerprint density at radius 1 is 1.22 bits per heavy atom. The van der Waals surface area contributed by atoms with Crippen LogP contribution in [0.5, 0.6) is 0 Å². The van der Waals surface area contributed by atoms with Crippen molar-refractivity contribution in [2.75, 3.05) is 13.1 Å². The lowest BCUT2D eigenvalue weighted by atomic mass is 9.74. The van der Waals surface area contributed by atoms with E-state index in [1.807, 2.05) is 6.92 Å². The van der Waals surface area contributed by atoms with Gasteiger partial charge in [0, 0.05) is 12.1 Å². The molecule has 0 aliphatic rings. The van der Waals surface area contributed by atoms with Crippen LogP contribution in [0.4, 0.5) is 8.78 Å². The third-order valence-electron chi connectivity index (χ3n) is 3.81. The zero-order valence-electron chi connectivity index (χ0n) is 11.7. The zero-order chi connectivity index (χ0) is 13.8. The molecule has 1 nitrogen and oxygen atoms in total. The molecule has 0 radical (unpaired) electrons. The van der Waals surface area contributed by atoms with E-state index in [9.17, 15) is 8.78 Å². The van der Waals surface area contributed by atoms with Crippen LogP contribution in [0.15, 0.2) is 18.2 Å².